The summed E-state index contributed by atoms with van der Waals surface area (Å²) in [4.78, 5) is 11.8. The molecule has 1 aliphatic rings. The fraction of sp³-hybridized carbons (Fsp3) is 0.500. The first-order valence-corrected chi connectivity index (χ1v) is 4.89. The van der Waals surface area contributed by atoms with Gasteiger partial charge in [0.05, 0.1) is 6.07 Å². The van der Waals surface area contributed by atoms with Gasteiger partial charge < -0.3 is 5.32 Å². The van der Waals surface area contributed by atoms with Crippen molar-refractivity contribution in [2.24, 2.45) is 12.5 Å². The summed E-state index contributed by atoms with van der Waals surface area (Å²) in [5, 5.41) is 15.6. The van der Waals surface area contributed by atoms with Crippen LogP contribution in [0.4, 0.5) is 5.82 Å². The van der Waals surface area contributed by atoms with Crippen LogP contribution >= 0.6 is 0 Å². The first kappa shape index (κ1) is 9.71. The van der Waals surface area contributed by atoms with Gasteiger partial charge in [-0.3, -0.25) is 9.48 Å². The number of hydrogen-bond donors (Lipinski definition) is 1. The van der Waals surface area contributed by atoms with E-state index >= 15 is 0 Å². The van der Waals surface area contributed by atoms with Crippen molar-refractivity contribution in [3.63, 3.8) is 0 Å². The van der Waals surface area contributed by atoms with Crippen LogP contribution in [-0.4, -0.2) is 15.7 Å². The monoisotopic (exact) mass is 204 g/mol. The van der Waals surface area contributed by atoms with Crippen molar-refractivity contribution in [3.05, 3.63) is 12.3 Å². The molecule has 1 aromatic heterocycles. The van der Waals surface area contributed by atoms with Gasteiger partial charge in [-0.2, -0.15) is 10.4 Å². The molecule has 5 nitrogen and oxygen atoms in total. The maximum atomic E-state index is 11.8. The van der Waals surface area contributed by atoms with Crippen molar-refractivity contribution in [2.75, 3.05) is 5.32 Å². The van der Waals surface area contributed by atoms with Crippen LogP contribution in [0.1, 0.15) is 19.3 Å². The summed E-state index contributed by atoms with van der Waals surface area (Å²) in [7, 11) is 1.78. The minimum absolute atomic E-state index is 0.227. The van der Waals surface area contributed by atoms with Crippen LogP contribution in [0, 0.1) is 16.7 Å². The molecule has 1 aromatic rings. The van der Waals surface area contributed by atoms with Crippen LogP contribution in [0.5, 0.6) is 0 Å². The van der Waals surface area contributed by atoms with Crippen LogP contribution in [0.15, 0.2) is 12.3 Å². The van der Waals surface area contributed by atoms with Crippen molar-refractivity contribution < 1.29 is 4.79 Å². The van der Waals surface area contributed by atoms with Gasteiger partial charge in [-0.05, 0) is 19.3 Å². The Morgan fingerprint density at radius 1 is 1.73 bits per heavy atom. The van der Waals surface area contributed by atoms with E-state index in [-0.39, 0.29) is 5.91 Å². The number of carbonyl (C=O) groups excluding carboxylic acids is 1. The van der Waals surface area contributed by atoms with E-state index in [1.165, 1.54) is 0 Å². The number of anilines is 1. The third-order valence-corrected chi connectivity index (χ3v) is 2.81. The fourth-order valence-electron chi connectivity index (χ4n) is 1.64. The summed E-state index contributed by atoms with van der Waals surface area (Å²) in [5.41, 5.74) is -0.808. The molecule has 0 unspecified atom stereocenters. The predicted octanol–water partition coefficient (Wildman–Crippen LogP) is 1.05. The molecule has 1 amide bonds. The fourth-order valence-corrected chi connectivity index (χ4v) is 1.64. The van der Waals surface area contributed by atoms with Gasteiger partial charge in [0, 0.05) is 19.3 Å². The standard InChI is InChI=1S/C10H12N4O/c1-14-6-3-8(13-14)12-9(15)10(7-11)4-2-5-10/h3,6H,2,4-5H2,1H3,(H,12,13,15). The Kier molecular flexibility index (Phi) is 2.19. The zero-order chi connectivity index (χ0) is 10.9. The van der Waals surface area contributed by atoms with E-state index < -0.39 is 5.41 Å². The molecular weight excluding hydrogens is 192 g/mol. The Morgan fingerprint density at radius 3 is 2.87 bits per heavy atom. The van der Waals surface area contributed by atoms with E-state index in [9.17, 15) is 4.79 Å². The van der Waals surface area contributed by atoms with Crippen LogP contribution in [0.2, 0.25) is 0 Å². The van der Waals surface area contributed by atoms with Gasteiger partial charge in [-0.15, -0.1) is 0 Å². The number of rotatable bonds is 2. The number of amides is 1. The van der Waals surface area contributed by atoms with Crippen molar-refractivity contribution in [3.8, 4) is 6.07 Å². The largest absolute Gasteiger partial charge is 0.308 e. The summed E-state index contributed by atoms with van der Waals surface area (Å²) in [6, 6.07) is 3.81. The lowest BCUT2D eigenvalue weighted by atomic mass is 9.69. The lowest BCUT2D eigenvalue weighted by molar-refractivity contribution is -0.126. The van der Waals surface area contributed by atoms with E-state index in [1.54, 1.807) is 24.0 Å². The van der Waals surface area contributed by atoms with Gasteiger partial charge in [0.2, 0.25) is 5.91 Å². The Hall–Kier alpha value is -1.83. The number of nitrogens with one attached hydrogen (secondary N) is 1. The smallest absolute Gasteiger partial charge is 0.246 e. The summed E-state index contributed by atoms with van der Waals surface area (Å²) in [6.07, 6.45) is 4.00. The summed E-state index contributed by atoms with van der Waals surface area (Å²) < 4.78 is 1.61. The van der Waals surface area contributed by atoms with E-state index in [0.717, 1.165) is 6.42 Å². The normalized spacial score (nSPS) is 17.6. The maximum absolute atomic E-state index is 11.8. The minimum Gasteiger partial charge on any atom is -0.308 e. The van der Waals surface area contributed by atoms with E-state index in [1.807, 2.05) is 0 Å². The summed E-state index contributed by atoms with van der Waals surface area (Å²) >= 11 is 0. The van der Waals surface area contributed by atoms with Crippen LogP contribution in [0.25, 0.3) is 0 Å². The van der Waals surface area contributed by atoms with Gasteiger partial charge >= 0.3 is 0 Å². The molecule has 1 N–H and O–H groups in total. The number of nitriles is 1. The predicted molar refractivity (Wildman–Crippen MR) is 53.7 cm³/mol. The third-order valence-electron chi connectivity index (χ3n) is 2.81. The molecule has 1 heterocycles. The Balaban J connectivity index is 2.07. The van der Waals surface area contributed by atoms with Crippen molar-refractivity contribution in [1.29, 1.82) is 5.26 Å². The highest BCUT2D eigenvalue weighted by atomic mass is 16.2. The molecule has 0 radical (unpaired) electrons. The van der Waals surface area contributed by atoms with Gasteiger partial charge in [-0.1, -0.05) is 0 Å². The van der Waals surface area contributed by atoms with E-state index in [2.05, 4.69) is 16.5 Å². The van der Waals surface area contributed by atoms with Crippen LogP contribution < -0.4 is 5.32 Å². The first-order valence-electron chi connectivity index (χ1n) is 4.89. The molecule has 0 atom stereocenters. The highest BCUT2D eigenvalue weighted by molar-refractivity contribution is 5.97. The lowest BCUT2D eigenvalue weighted by Crippen LogP contribution is -2.40. The number of nitrogens with zero attached hydrogens (tertiary/aromatic N) is 3. The highest BCUT2D eigenvalue weighted by Crippen LogP contribution is 2.40. The summed E-state index contributed by atoms with van der Waals surface area (Å²) in [5.74, 6) is 0.277. The van der Waals surface area contributed by atoms with E-state index in [4.69, 9.17) is 5.26 Å². The lowest BCUT2D eigenvalue weighted by Gasteiger charge is -2.32. The molecule has 5 heteroatoms. The molecule has 0 bridgehead atoms. The van der Waals surface area contributed by atoms with Gasteiger partial charge in [0.1, 0.15) is 5.41 Å². The molecule has 0 spiro atoms. The Morgan fingerprint density at radius 2 is 2.47 bits per heavy atom. The second kappa shape index (κ2) is 3.39. The summed E-state index contributed by atoms with van der Waals surface area (Å²) in [6.45, 7) is 0. The Labute approximate surface area is 87.7 Å². The topological polar surface area (TPSA) is 70.7 Å². The molecule has 2 rings (SSSR count). The van der Waals surface area contributed by atoms with Gasteiger partial charge in [0.15, 0.2) is 5.82 Å². The average molecular weight is 204 g/mol. The second-order valence-electron chi connectivity index (χ2n) is 3.88. The minimum atomic E-state index is -0.808. The SMILES string of the molecule is Cn1ccc(NC(=O)C2(C#N)CCC2)n1. The van der Waals surface area contributed by atoms with Gasteiger partial charge in [-0.25, -0.2) is 0 Å². The molecule has 1 fully saturated rings. The first-order chi connectivity index (χ1) is 7.16. The zero-order valence-electron chi connectivity index (χ0n) is 8.53. The van der Waals surface area contributed by atoms with Crippen molar-refractivity contribution in [1.82, 2.24) is 9.78 Å². The quantitative estimate of drug-likeness (QED) is 0.782. The van der Waals surface area contributed by atoms with Crippen molar-refractivity contribution in [2.45, 2.75) is 19.3 Å². The number of hydrogen-bond acceptors (Lipinski definition) is 3. The molecule has 0 saturated heterocycles. The molecular formula is C10H12N4O. The molecule has 15 heavy (non-hydrogen) atoms. The van der Waals surface area contributed by atoms with Crippen LogP contribution in [0.3, 0.4) is 0 Å². The van der Waals surface area contributed by atoms with Crippen LogP contribution in [-0.2, 0) is 11.8 Å². The highest BCUT2D eigenvalue weighted by Gasteiger charge is 2.44. The van der Waals surface area contributed by atoms with Crippen molar-refractivity contribution >= 4 is 11.7 Å². The van der Waals surface area contributed by atoms with E-state index in [0.29, 0.717) is 18.7 Å². The zero-order valence-corrected chi connectivity index (χ0v) is 8.53. The second-order valence-corrected chi connectivity index (χ2v) is 3.88. The maximum Gasteiger partial charge on any atom is 0.246 e. The van der Waals surface area contributed by atoms with Gasteiger partial charge in [0.25, 0.3) is 0 Å². The molecule has 1 aliphatic carbocycles. The number of carbonyl (C=O) groups is 1. The average Bonchev–Trinajstić information content (AvgIpc) is 2.50. The number of aromatic nitrogens is 2. The number of aryl methyl sites for hydroxylation is 1. The Bertz CT molecular complexity index is 425. The molecule has 0 aliphatic heterocycles. The third kappa shape index (κ3) is 1.59. The molecule has 1 saturated carbocycles. The molecule has 0 aromatic carbocycles. The molecule has 78 valence electrons.